The van der Waals surface area contributed by atoms with Crippen LogP contribution in [0, 0.1) is 5.41 Å². The molecular formula is C28H30Cl2N6OS. The van der Waals surface area contributed by atoms with E-state index in [1.54, 1.807) is 6.07 Å². The van der Waals surface area contributed by atoms with Crippen LogP contribution in [-0.4, -0.2) is 41.7 Å². The lowest BCUT2D eigenvalue weighted by molar-refractivity contribution is 0.175. The molecule has 1 aromatic carbocycles. The first kappa shape index (κ1) is 25.9. The Morgan fingerprint density at radius 1 is 1.05 bits per heavy atom. The molecule has 7 nitrogen and oxygen atoms in total. The minimum absolute atomic E-state index is 0.00343. The van der Waals surface area contributed by atoms with Crippen molar-refractivity contribution in [1.82, 2.24) is 24.1 Å². The number of nitrogens with zero attached hydrogens (tertiary/aromatic N) is 5. The van der Waals surface area contributed by atoms with Crippen LogP contribution >= 0.6 is 23.2 Å². The van der Waals surface area contributed by atoms with Crippen LogP contribution in [0.4, 0.5) is 5.82 Å². The number of piperidine rings is 1. The van der Waals surface area contributed by atoms with E-state index in [0.717, 1.165) is 60.8 Å². The van der Waals surface area contributed by atoms with Crippen molar-refractivity contribution in [1.29, 1.82) is 0 Å². The summed E-state index contributed by atoms with van der Waals surface area (Å²) in [4.78, 5) is 16.5. The number of fused-ring (bicyclic) bond motifs is 2. The van der Waals surface area contributed by atoms with Crippen LogP contribution < -0.4 is 9.62 Å². The molecule has 2 atom stereocenters. The highest BCUT2D eigenvalue weighted by Gasteiger charge is 2.51. The summed E-state index contributed by atoms with van der Waals surface area (Å²) in [5.74, 6) is 1.63. The smallest absolute Gasteiger partial charge is 0.154 e. The topological polar surface area (TPSA) is 81.4 Å². The fraction of sp³-hybridized carbons (Fsp3) is 0.393. The van der Waals surface area contributed by atoms with Gasteiger partial charge in [0.05, 0.1) is 22.3 Å². The van der Waals surface area contributed by atoms with Crippen molar-refractivity contribution >= 4 is 45.9 Å². The van der Waals surface area contributed by atoms with E-state index in [4.69, 9.17) is 33.2 Å². The van der Waals surface area contributed by atoms with Gasteiger partial charge in [-0.2, -0.15) is 0 Å². The van der Waals surface area contributed by atoms with E-state index < -0.39 is 11.4 Å². The van der Waals surface area contributed by atoms with Crippen LogP contribution in [0.3, 0.4) is 0 Å². The Kier molecular flexibility index (Phi) is 6.60. The Bertz CT molecular complexity index is 1490. The molecule has 1 aliphatic carbocycles. The predicted octanol–water partition coefficient (Wildman–Crippen LogP) is 6.03. The first-order valence-corrected chi connectivity index (χ1v) is 14.7. The minimum atomic E-state index is -1.18. The van der Waals surface area contributed by atoms with Gasteiger partial charge in [-0.05, 0) is 63.8 Å². The van der Waals surface area contributed by atoms with Crippen molar-refractivity contribution in [2.75, 3.05) is 18.0 Å². The van der Waals surface area contributed by atoms with Crippen LogP contribution in [0.1, 0.15) is 50.9 Å². The maximum absolute atomic E-state index is 13.2. The zero-order chi connectivity index (χ0) is 26.7. The number of nitrogens with one attached hydrogen (secondary N) is 1. The lowest BCUT2D eigenvalue weighted by atomic mass is 9.73. The molecule has 2 aliphatic rings. The predicted molar refractivity (Wildman–Crippen MR) is 154 cm³/mol. The average molecular weight is 570 g/mol. The fourth-order valence-electron chi connectivity index (χ4n) is 5.76. The molecule has 4 aromatic rings. The monoisotopic (exact) mass is 568 g/mol. The number of anilines is 1. The van der Waals surface area contributed by atoms with Crippen LogP contribution in [0.25, 0.3) is 16.9 Å². The minimum Gasteiger partial charge on any atom is -0.598 e. The molecule has 0 bridgehead atoms. The number of rotatable bonds is 4. The standard InChI is InChI=1S/C28H30Cl2N6OS/c1-27(2,3)38(37)34-24-18-7-5-11-31-21(18)16-28(24)9-13-35(14-10-28)26-22-17-33-25(36(22)15-12-32-26)19-6-4-8-20(29)23(19)30/h4-8,11-12,15,17,24,34H,9-10,13-14,16H2,1-3H3/t24-,38?/m1/s1. The molecule has 198 valence electrons. The van der Waals surface area contributed by atoms with Crippen molar-refractivity contribution in [3.63, 3.8) is 0 Å². The summed E-state index contributed by atoms with van der Waals surface area (Å²) < 4.78 is 18.4. The molecule has 10 heteroatoms. The number of pyridine rings is 1. The van der Waals surface area contributed by atoms with E-state index in [-0.39, 0.29) is 16.2 Å². The second-order valence-corrected chi connectivity index (χ2v) is 14.0. The summed E-state index contributed by atoms with van der Waals surface area (Å²) in [5.41, 5.74) is 3.96. The first-order chi connectivity index (χ1) is 18.2. The van der Waals surface area contributed by atoms with Gasteiger partial charge in [0.2, 0.25) is 0 Å². The van der Waals surface area contributed by atoms with E-state index in [1.807, 2.05) is 68.2 Å². The maximum atomic E-state index is 13.2. The van der Waals surface area contributed by atoms with Gasteiger partial charge < -0.3 is 9.45 Å². The highest BCUT2D eigenvalue weighted by Crippen LogP contribution is 2.52. The van der Waals surface area contributed by atoms with E-state index in [1.165, 1.54) is 5.56 Å². The summed E-state index contributed by atoms with van der Waals surface area (Å²) >= 11 is 11.6. The first-order valence-electron chi connectivity index (χ1n) is 12.8. The molecule has 0 amide bonds. The van der Waals surface area contributed by atoms with Crippen molar-refractivity contribution in [3.8, 4) is 11.4 Å². The number of imidazole rings is 1. The van der Waals surface area contributed by atoms with Gasteiger partial charge in [0.15, 0.2) is 5.82 Å². The summed E-state index contributed by atoms with van der Waals surface area (Å²) in [6, 6.07) is 9.70. The van der Waals surface area contributed by atoms with E-state index in [9.17, 15) is 4.55 Å². The van der Waals surface area contributed by atoms with Gasteiger partial charge in [-0.15, -0.1) is 4.72 Å². The van der Waals surface area contributed by atoms with Gasteiger partial charge in [-0.1, -0.05) is 35.3 Å². The highest BCUT2D eigenvalue weighted by atomic mass is 35.5. The SMILES string of the molecule is CC(C)(C)[S+]([O-])N[C@@H]1c2cccnc2CC12CCN(c1nccn3c(-c4cccc(Cl)c4Cl)ncc13)CC2. The van der Waals surface area contributed by atoms with Gasteiger partial charge >= 0.3 is 0 Å². The van der Waals surface area contributed by atoms with Crippen molar-refractivity contribution in [2.24, 2.45) is 5.41 Å². The molecule has 3 aromatic heterocycles. The molecule has 4 heterocycles. The van der Waals surface area contributed by atoms with Crippen LogP contribution in [0.5, 0.6) is 0 Å². The largest absolute Gasteiger partial charge is 0.598 e. The van der Waals surface area contributed by atoms with Gasteiger partial charge in [0.1, 0.15) is 16.1 Å². The maximum Gasteiger partial charge on any atom is 0.154 e. The molecule has 38 heavy (non-hydrogen) atoms. The average Bonchev–Trinajstić information content (AvgIpc) is 3.45. The van der Waals surface area contributed by atoms with Crippen LogP contribution in [0.15, 0.2) is 55.1 Å². The quantitative estimate of drug-likeness (QED) is 0.302. The summed E-state index contributed by atoms with van der Waals surface area (Å²) in [7, 11) is 0. The molecule has 1 unspecified atom stereocenters. The molecule has 6 rings (SSSR count). The van der Waals surface area contributed by atoms with Gasteiger partial charge in [-0.25, -0.2) is 9.97 Å². The summed E-state index contributed by atoms with van der Waals surface area (Å²) in [6.07, 6.45) is 10.2. The van der Waals surface area contributed by atoms with Gasteiger partial charge in [0.25, 0.3) is 0 Å². The fourth-order valence-corrected chi connectivity index (χ4v) is 7.09. The van der Waals surface area contributed by atoms with Crippen LogP contribution in [-0.2, 0) is 17.8 Å². The summed E-state index contributed by atoms with van der Waals surface area (Å²) in [6.45, 7) is 7.69. The van der Waals surface area contributed by atoms with Crippen molar-refractivity contribution in [3.05, 3.63) is 76.4 Å². The number of halogens is 2. The molecule has 1 spiro atoms. The molecule has 1 fully saturated rings. The van der Waals surface area contributed by atoms with Gasteiger partial charge in [-0.3, -0.25) is 9.38 Å². The third kappa shape index (κ3) is 4.36. The lowest BCUT2D eigenvalue weighted by Gasteiger charge is -2.44. The molecule has 1 aliphatic heterocycles. The van der Waals surface area contributed by atoms with Crippen LogP contribution in [0.2, 0.25) is 10.0 Å². The van der Waals surface area contributed by atoms with E-state index in [2.05, 4.69) is 20.7 Å². The molecule has 1 saturated heterocycles. The number of hydrogen-bond donors (Lipinski definition) is 1. The number of hydrogen-bond acceptors (Lipinski definition) is 6. The molecular weight excluding hydrogens is 539 g/mol. The lowest BCUT2D eigenvalue weighted by Crippen LogP contribution is -2.49. The van der Waals surface area contributed by atoms with Gasteiger partial charge in [0, 0.05) is 59.7 Å². The molecule has 0 saturated carbocycles. The Morgan fingerprint density at radius 2 is 1.84 bits per heavy atom. The summed E-state index contributed by atoms with van der Waals surface area (Å²) in [5, 5.41) is 0.986. The number of benzene rings is 1. The van der Waals surface area contributed by atoms with Crippen molar-refractivity contribution < 1.29 is 4.55 Å². The Balaban J connectivity index is 1.29. The normalized spacial score (nSPS) is 19.7. The second-order valence-electron chi connectivity index (χ2n) is 11.2. The van der Waals surface area contributed by atoms with E-state index in [0.29, 0.717) is 10.0 Å². The second kappa shape index (κ2) is 9.68. The Hall–Kier alpha value is -2.36. The Morgan fingerprint density at radius 3 is 2.61 bits per heavy atom. The van der Waals surface area contributed by atoms with Crippen molar-refractivity contribution in [2.45, 2.75) is 50.8 Å². The highest BCUT2D eigenvalue weighted by molar-refractivity contribution is 7.90. The molecule has 1 N–H and O–H groups in total. The molecule has 0 radical (unpaired) electrons. The number of aromatic nitrogens is 4. The zero-order valence-corrected chi connectivity index (χ0v) is 23.9. The third-order valence-electron chi connectivity index (χ3n) is 7.84. The van der Waals surface area contributed by atoms with E-state index >= 15 is 0 Å². The third-order valence-corrected chi connectivity index (χ3v) is 10.2. The zero-order valence-electron chi connectivity index (χ0n) is 21.6. The Labute approximate surface area is 235 Å².